The van der Waals surface area contributed by atoms with Gasteiger partial charge in [0.25, 0.3) is 0 Å². The van der Waals surface area contributed by atoms with Gasteiger partial charge >= 0.3 is 0 Å². The van der Waals surface area contributed by atoms with Crippen molar-refractivity contribution >= 4 is 11.6 Å². The molecule has 0 saturated heterocycles. The number of carbonyl (C=O) groups excluding carboxylic acids is 1. The van der Waals surface area contributed by atoms with Gasteiger partial charge in [-0.15, -0.1) is 0 Å². The monoisotopic (exact) mass is 247 g/mol. The number of nitrogens with two attached hydrogens (primary N) is 1. The lowest BCUT2D eigenvalue weighted by Gasteiger charge is -2.25. The maximum absolute atomic E-state index is 10.9. The maximum atomic E-state index is 10.9. The number of primary amides is 1. The molecule has 0 aromatic heterocycles. The molecule has 0 saturated carbocycles. The largest absolute Gasteiger partial charge is 0.371 e. The van der Waals surface area contributed by atoms with E-state index in [2.05, 4.69) is 28.4 Å². The second kappa shape index (κ2) is 5.87. The zero-order valence-electron chi connectivity index (χ0n) is 10.9. The molecule has 0 radical (unpaired) electrons. The molecule has 2 rings (SSSR count). The fourth-order valence-electron chi connectivity index (χ4n) is 2.61. The van der Waals surface area contributed by atoms with Crippen LogP contribution in [0.4, 0.5) is 5.69 Å². The van der Waals surface area contributed by atoms with E-state index in [0.717, 1.165) is 19.4 Å². The molecule has 18 heavy (non-hydrogen) atoms. The van der Waals surface area contributed by atoms with Crippen molar-refractivity contribution in [3.63, 3.8) is 0 Å². The molecule has 0 bridgehead atoms. The Balaban J connectivity index is 2.24. The van der Waals surface area contributed by atoms with E-state index in [-0.39, 0.29) is 5.91 Å². The minimum atomic E-state index is -0.234. The maximum Gasteiger partial charge on any atom is 0.219 e. The van der Waals surface area contributed by atoms with E-state index < -0.39 is 0 Å². The first-order valence-electron chi connectivity index (χ1n) is 6.52. The average Bonchev–Trinajstić information content (AvgIpc) is 2.55. The van der Waals surface area contributed by atoms with Gasteiger partial charge in [0.15, 0.2) is 0 Å². The van der Waals surface area contributed by atoms with Crippen LogP contribution in [0, 0.1) is 0 Å². The Bertz CT molecular complexity index is 419. The molecular weight excluding hydrogens is 226 g/mol. The van der Waals surface area contributed by atoms with Crippen LogP contribution in [0.15, 0.2) is 24.3 Å². The van der Waals surface area contributed by atoms with Crippen molar-refractivity contribution in [1.29, 1.82) is 0 Å². The lowest BCUT2D eigenvalue weighted by molar-refractivity contribution is -0.117. The van der Waals surface area contributed by atoms with Crippen molar-refractivity contribution in [2.75, 3.05) is 25.0 Å². The minimum Gasteiger partial charge on any atom is -0.371 e. The van der Waals surface area contributed by atoms with Crippen LogP contribution in [-0.4, -0.2) is 26.0 Å². The number of benzene rings is 1. The van der Waals surface area contributed by atoms with Gasteiger partial charge in [0.05, 0.1) is 0 Å². The van der Waals surface area contributed by atoms with E-state index in [1.807, 2.05) is 13.1 Å². The number of fused-ring (bicyclic) bond motifs is 1. The Labute approximate surface area is 108 Å². The van der Waals surface area contributed by atoms with Crippen molar-refractivity contribution < 1.29 is 4.79 Å². The highest BCUT2D eigenvalue weighted by atomic mass is 16.1. The number of rotatable bonds is 4. The molecule has 1 aromatic rings. The topological polar surface area (TPSA) is 58.4 Å². The molecule has 1 unspecified atom stereocenters. The summed E-state index contributed by atoms with van der Waals surface area (Å²) < 4.78 is 0. The van der Waals surface area contributed by atoms with Gasteiger partial charge in [0.1, 0.15) is 0 Å². The Morgan fingerprint density at radius 1 is 1.50 bits per heavy atom. The molecule has 0 spiro atoms. The Morgan fingerprint density at radius 3 is 3.00 bits per heavy atom. The van der Waals surface area contributed by atoms with Gasteiger partial charge in [-0.3, -0.25) is 4.79 Å². The van der Waals surface area contributed by atoms with Gasteiger partial charge in [0.2, 0.25) is 5.91 Å². The standard InChI is InChI=1S/C14H21N3O/c1-16-12-6-4-9-17(10-8-14(15)18)13-7-3-2-5-11(12)13/h2-3,5,7,12,16H,4,6,8-10H2,1H3,(H2,15,18). The van der Waals surface area contributed by atoms with Crippen LogP contribution in [-0.2, 0) is 4.79 Å². The van der Waals surface area contributed by atoms with Gasteiger partial charge in [0, 0.05) is 31.2 Å². The van der Waals surface area contributed by atoms with E-state index in [9.17, 15) is 4.79 Å². The second-order valence-electron chi connectivity index (χ2n) is 4.75. The Kier molecular flexibility index (Phi) is 4.20. The first-order valence-corrected chi connectivity index (χ1v) is 6.52. The Hall–Kier alpha value is -1.55. The summed E-state index contributed by atoms with van der Waals surface area (Å²) in [7, 11) is 2.00. The van der Waals surface area contributed by atoms with Crippen LogP contribution in [0.25, 0.3) is 0 Å². The minimum absolute atomic E-state index is 0.234. The van der Waals surface area contributed by atoms with E-state index in [1.54, 1.807) is 0 Å². The first kappa shape index (κ1) is 12.9. The zero-order chi connectivity index (χ0) is 13.0. The predicted octanol–water partition coefficient (Wildman–Crippen LogP) is 1.42. The summed E-state index contributed by atoms with van der Waals surface area (Å²) in [5.74, 6) is -0.234. The number of amides is 1. The van der Waals surface area contributed by atoms with Gasteiger partial charge in [-0.05, 0) is 31.5 Å². The van der Waals surface area contributed by atoms with Crippen LogP contribution in [0.2, 0.25) is 0 Å². The molecule has 98 valence electrons. The van der Waals surface area contributed by atoms with Gasteiger partial charge in [-0.1, -0.05) is 18.2 Å². The number of nitrogens with zero attached hydrogens (tertiary/aromatic N) is 1. The molecule has 1 heterocycles. The van der Waals surface area contributed by atoms with Crippen molar-refractivity contribution in [2.24, 2.45) is 5.73 Å². The van der Waals surface area contributed by atoms with E-state index in [0.29, 0.717) is 19.0 Å². The quantitative estimate of drug-likeness (QED) is 0.846. The highest BCUT2D eigenvalue weighted by molar-refractivity contribution is 5.74. The highest BCUT2D eigenvalue weighted by Crippen LogP contribution is 2.32. The molecule has 0 fully saturated rings. The van der Waals surface area contributed by atoms with E-state index >= 15 is 0 Å². The van der Waals surface area contributed by atoms with Crippen molar-refractivity contribution in [3.05, 3.63) is 29.8 Å². The predicted molar refractivity (Wildman–Crippen MR) is 73.5 cm³/mol. The number of anilines is 1. The summed E-state index contributed by atoms with van der Waals surface area (Å²) >= 11 is 0. The summed E-state index contributed by atoms with van der Waals surface area (Å²) in [5.41, 5.74) is 7.80. The van der Waals surface area contributed by atoms with Crippen LogP contribution < -0.4 is 16.0 Å². The first-order chi connectivity index (χ1) is 8.72. The van der Waals surface area contributed by atoms with E-state index in [1.165, 1.54) is 11.3 Å². The number of hydrogen-bond donors (Lipinski definition) is 2. The van der Waals surface area contributed by atoms with Crippen LogP contribution in [0.1, 0.15) is 30.9 Å². The molecule has 0 aliphatic carbocycles. The lowest BCUT2D eigenvalue weighted by atomic mass is 10.0. The number of nitrogens with one attached hydrogen (secondary N) is 1. The fourth-order valence-corrected chi connectivity index (χ4v) is 2.61. The third kappa shape index (κ3) is 2.82. The molecule has 1 aromatic carbocycles. The third-order valence-electron chi connectivity index (χ3n) is 3.55. The molecule has 1 amide bonds. The van der Waals surface area contributed by atoms with Crippen LogP contribution in [0.3, 0.4) is 0 Å². The molecule has 4 nitrogen and oxygen atoms in total. The molecule has 1 atom stereocenters. The Morgan fingerprint density at radius 2 is 2.28 bits per heavy atom. The SMILES string of the molecule is CNC1CCCN(CCC(N)=O)c2ccccc21. The summed E-state index contributed by atoms with van der Waals surface area (Å²) in [5, 5.41) is 3.37. The normalized spacial score (nSPS) is 19.2. The van der Waals surface area contributed by atoms with E-state index in [4.69, 9.17) is 5.73 Å². The number of carbonyl (C=O) groups is 1. The van der Waals surface area contributed by atoms with Crippen molar-refractivity contribution in [3.8, 4) is 0 Å². The van der Waals surface area contributed by atoms with Crippen LogP contribution >= 0.6 is 0 Å². The van der Waals surface area contributed by atoms with Crippen molar-refractivity contribution in [2.45, 2.75) is 25.3 Å². The second-order valence-corrected chi connectivity index (χ2v) is 4.75. The smallest absolute Gasteiger partial charge is 0.219 e. The van der Waals surface area contributed by atoms with Crippen molar-refractivity contribution in [1.82, 2.24) is 5.32 Å². The summed E-state index contributed by atoms with van der Waals surface area (Å²) in [6, 6.07) is 8.82. The average molecular weight is 247 g/mol. The highest BCUT2D eigenvalue weighted by Gasteiger charge is 2.21. The van der Waals surface area contributed by atoms with Gasteiger partial charge in [-0.2, -0.15) is 0 Å². The zero-order valence-corrected chi connectivity index (χ0v) is 10.9. The summed E-state index contributed by atoms with van der Waals surface area (Å²) in [4.78, 5) is 13.2. The molecule has 4 heteroatoms. The van der Waals surface area contributed by atoms with Gasteiger partial charge < -0.3 is 16.0 Å². The number of hydrogen-bond acceptors (Lipinski definition) is 3. The molecular formula is C14H21N3O. The summed E-state index contributed by atoms with van der Waals surface area (Å²) in [6.07, 6.45) is 2.66. The third-order valence-corrected chi connectivity index (χ3v) is 3.55. The lowest BCUT2D eigenvalue weighted by Crippen LogP contribution is -2.28. The fraction of sp³-hybridized carbons (Fsp3) is 0.500. The molecule has 1 aliphatic rings. The van der Waals surface area contributed by atoms with Gasteiger partial charge in [-0.25, -0.2) is 0 Å². The molecule has 3 N–H and O–H groups in total. The molecule has 1 aliphatic heterocycles. The number of para-hydroxylation sites is 1. The summed E-state index contributed by atoms with van der Waals surface area (Å²) in [6.45, 7) is 1.70. The van der Waals surface area contributed by atoms with Crippen LogP contribution in [0.5, 0.6) is 0 Å².